The van der Waals surface area contributed by atoms with Gasteiger partial charge in [-0.3, -0.25) is 10.1 Å². The van der Waals surface area contributed by atoms with Crippen LogP contribution in [0.5, 0.6) is 0 Å². The van der Waals surface area contributed by atoms with Gasteiger partial charge in [0.25, 0.3) is 5.69 Å². The topological polar surface area (TPSA) is 69.2 Å². The molecule has 0 aliphatic rings. The second kappa shape index (κ2) is 5.26. The summed E-state index contributed by atoms with van der Waals surface area (Å²) in [6.07, 6.45) is 3.59. The molecule has 0 amide bonds. The molecule has 0 saturated heterocycles. The third-order valence-corrected chi connectivity index (χ3v) is 3.89. The zero-order valence-corrected chi connectivity index (χ0v) is 11.2. The lowest BCUT2D eigenvalue weighted by Crippen LogP contribution is -1.96. The third kappa shape index (κ3) is 2.33. The summed E-state index contributed by atoms with van der Waals surface area (Å²) in [5, 5.41) is 13.0. The first-order chi connectivity index (χ1) is 9.75. The monoisotopic (exact) mass is 286 g/mol. The van der Waals surface area contributed by atoms with Gasteiger partial charge in [0.1, 0.15) is 6.26 Å². The molecule has 100 valence electrons. The van der Waals surface area contributed by atoms with Gasteiger partial charge in [0, 0.05) is 18.1 Å². The lowest BCUT2D eigenvalue weighted by Gasteiger charge is -2.03. The Morgan fingerprint density at radius 1 is 1.25 bits per heavy atom. The van der Waals surface area contributed by atoms with Crippen LogP contribution < -0.4 is 0 Å². The molecule has 3 rings (SSSR count). The highest BCUT2D eigenvalue weighted by Crippen LogP contribution is 2.31. The first kappa shape index (κ1) is 12.6. The van der Waals surface area contributed by atoms with E-state index >= 15 is 0 Å². The van der Waals surface area contributed by atoms with E-state index in [2.05, 4.69) is 4.98 Å². The number of nitro groups is 1. The summed E-state index contributed by atoms with van der Waals surface area (Å²) < 4.78 is 5.30. The van der Waals surface area contributed by atoms with E-state index < -0.39 is 0 Å². The Bertz CT molecular complexity index is 734. The molecule has 0 unspecified atom stereocenters. The molecule has 2 heterocycles. The van der Waals surface area contributed by atoms with Crippen molar-refractivity contribution in [2.45, 2.75) is 6.42 Å². The minimum Gasteiger partial charge on any atom is -0.444 e. The van der Waals surface area contributed by atoms with Crippen LogP contribution in [0, 0.1) is 10.1 Å². The van der Waals surface area contributed by atoms with E-state index in [4.69, 9.17) is 4.42 Å². The molecular weight excluding hydrogens is 276 g/mol. The number of benzene rings is 1. The van der Waals surface area contributed by atoms with Gasteiger partial charge in [0.05, 0.1) is 16.0 Å². The van der Waals surface area contributed by atoms with Crippen LogP contribution in [-0.2, 0) is 6.42 Å². The van der Waals surface area contributed by atoms with Gasteiger partial charge in [-0.05, 0) is 17.0 Å². The van der Waals surface area contributed by atoms with Gasteiger partial charge >= 0.3 is 0 Å². The molecule has 0 aliphatic carbocycles. The van der Waals surface area contributed by atoms with Crippen LogP contribution >= 0.6 is 11.3 Å². The lowest BCUT2D eigenvalue weighted by atomic mass is 10.0. The molecule has 0 fully saturated rings. The van der Waals surface area contributed by atoms with E-state index in [1.807, 2.05) is 11.4 Å². The molecule has 0 N–H and O–H groups in total. The van der Waals surface area contributed by atoms with Crippen molar-refractivity contribution in [2.24, 2.45) is 0 Å². The number of aromatic nitrogens is 1. The van der Waals surface area contributed by atoms with E-state index in [0.717, 1.165) is 10.4 Å². The van der Waals surface area contributed by atoms with Crippen LogP contribution in [0.1, 0.15) is 11.1 Å². The molecule has 0 atom stereocenters. The SMILES string of the molecule is O=[N+]([O-])c1ccccc1Cc1ccsc1-c1ncco1. The van der Waals surface area contributed by atoms with Crippen LogP contribution in [-0.4, -0.2) is 9.91 Å². The Kier molecular flexibility index (Phi) is 3.30. The van der Waals surface area contributed by atoms with Gasteiger partial charge in [0.15, 0.2) is 0 Å². The summed E-state index contributed by atoms with van der Waals surface area (Å²) in [6, 6.07) is 8.71. The molecule has 2 aromatic heterocycles. The molecule has 20 heavy (non-hydrogen) atoms. The highest BCUT2D eigenvalue weighted by Gasteiger charge is 2.17. The third-order valence-electron chi connectivity index (χ3n) is 2.94. The predicted molar refractivity (Wildman–Crippen MR) is 75.7 cm³/mol. The summed E-state index contributed by atoms with van der Waals surface area (Å²) in [5.74, 6) is 0.550. The number of nitro benzene ring substituents is 1. The van der Waals surface area contributed by atoms with Gasteiger partial charge < -0.3 is 4.42 Å². The molecule has 3 aromatic rings. The van der Waals surface area contributed by atoms with E-state index in [1.165, 1.54) is 23.7 Å². The fourth-order valence-electron chi connectivity index (χ4n) is 2.04. The summed E-state index contributed by atoms with van der Waals surface area (Å²) in [5.41, 5.74) is 1.80. The van der Waals surface area contributed by atoms with Crippen molar-refractivity contribution in [1.29, 1.82) is 0 Å². The van der Waals surface area contributed by atoms with Crippen molar-refractivity contribution in [3.63, 3.8) is 0 Å². The Hall–Kier alpha value is -2.47. The van der Waals surface area contributed by atoms with Crippen molar-refractivity contribution in [3.8, 4) is 10.8 Å². The standard InChI is InChI=1S/C14H10N2O3S/c17-16(18)12-4-2-1-3-10(12)9-11-5-8-20-13(11)14-15-6-7-19-14/h1-8H,9H2. The second-order valence-corrected chi connectivity index (χ2v) is 5.09. The summed E-state index contributed by atoms with van der Waals surface area (Å²) in [4.78, 5) is 15.7. The van der Waals surface area contributed by atoms with Crippen LogP contribution in [0.15, 0.2) is 52.6 Å². The van der Waals surface area contributed by atoms with Gasteiger partial charge in [-0.25, -0.2) is 4.98 Å². The van der Waals surface area contributed by atoms with E-state index in [1.54, 1.807) is 24.4 Å². The highest BCUT2D eigenvalue weighted by atomic mass is 32.1. The van der Waals surface area contributed by atoms with Crippen LogP contribution in [0.25, 0.3) is 10.8 Å². The average molecular weight is 286 g/mol. The molecule has 0 aliphatic heterocycles. The molecule has 0 radical (unpaired) electrons. The smallest absolute Gasteiger partial charge is 0.272 e. The maximum atomic E-state index is 11.0. The number of nitrogens with zero attached hydrogens (tertiary/aromatic N) is 2. The first-order valence-corrected chi connectivity index (χ1v) is 6.82. The molecule has 1 aromatic carbocycles. The number of hydrogen-bond donors (Lipinski definition) is 0. The minimum atomic E-state index is -0.355. The van der Waals surface area contributed by atoms with E-state index in [-0.39, 0.29) is 10.6 Å². The quantitative estimate of drug-likeness (QED) is 0.538. The van der Waals surface area contributed by atoms with E-state index in [0.29, 0.717) is 17.9 Å². The van der Waals surface area contributed by atoms with Gasteiger partial charge in [-0.1, -0.05) is 18.2 Å². The Morgan fingerprint density at radius 2 is 2.10 bits per heavy atom. The summed E-state index contributed by atoms with van der Waals surface area (Å²) in [7, 11) is 0. The normalized spacial score (nSPS) is 10.6. The number of thiophene rings is 1. The molecule has 0 spiro atoms. The maximum absolute atomic E-state index is 11.0. The van der Waals surface area contributed by atoms with Gasteiger partial charge in [0.2, 0.25) is 5.89 Å². The molecule has 6 heteroatoms. The van der Waals surface area contributed by atoms with Crippen LogP contribution in [0.4, 0.5) is 5.69 Å². The van der Waals surface area contributed by atoms with Crippen molar-refractivity contribution < 1.29 is 9.34 Å². The van der Waals surface area contributed by atoms with Gasteiger partial charge in [-0.2, -0.15) is 0 Å². The lowest BCUT2D eigenvalue weighted by molar-refractivity contribution is -0.385. The molecular formula is C14H10N2O3S. The zero-order chi connectivity index (χ0) is 13.9. The predicted octanol–water partition coefficient (Wildman–Crippen LogP) is 3.90. The van der Waals surface area contributed by atoms with Gasteiger partial charge in [-0.15, -0.1) is 11.3 Å². The van der Waals surface area contributed by atoms with Crippen molar-refractivity contribution in [1.82, 2.24) is 4.98 Å². The maximum Gasteiger partial charge on any atom is 0.272 e. The molecule has 0 saturated carbocycles. The summed E-state index contributed by atoms with van der Waals surface area (Å²) >= 11 is 1.51. The van der Waals surface area contributed by atoms with E-state index in [9.17, 15) is 10.1 Å². The fourth-order valence-corrected chi connectivity index (χ4v) is 2.90. The number of para-hydroxylation sites is 1. The highest BCUT2D eigenvalue weighted by molar-refractivity contribution is 7.13. The zero-order valence-electron chi connectivity index (χ0n) is 10.4. The average Bonchev–Trinajstić information content (AvgIpc) is 3.09. The number of oxazole rings is 1. The van der Waals surface area contributed by atoms with Crippen molar-refractivity contribution >= 4 is 17.0 Å². The van der Waals surface area contributed by atoms with Crippen LogP contribution in [0.2, 0.25) is 0 Å². The largest absolute Gasteiger partial charge is 0.444 e. The Labute approximate surface area is 118 Å². The molecule has 5 nitrogen and oxygen atoms in total. The second-order valence-electron chi connectivity index (χ2n) is 4.17. The first-order valence-electron chi connectivity index (χ1n) is 5.94. The number of rotatable bonds is 4. The summed E-state index contributed by atoms with van der Waals surface area (Å²) in [6.45, 7) is 0. The van der Waals surface area contributed by atoms with Crippen molar-refractivity contribution in [2.75, 3.05) is 0 Å². The van der Waals surface area contributed by atoms with Crippen molar-refractivity contribution in [3.05, 3.63) is 69.4 Å². The fraction of sp³-hybridized carbons (Fsp3) is 0.0714. The number of hydrogen-bond acceptors (Lipinski definition) is 5. The minimum absolute atomic E-state index is 0.136. The Morgan fingerprint density at radius 3 is 2.85 bits per heavy atom. The molecule has 0 bridgehead atoms. The Balaban J connectivity index is 1.97. The van der Waals surface area contributed by atoms with Crippen LogP contribution in [0.3, 0.4) is 0 Å².